The second-order valence-corrected chi connectivity index (χ2v) is 8.60. The number of amides is 1. The third kappa shape index (κ3) is 4.12. The summed E-state index contributed by atoms with van der Waals surface area (Å²) in [6, 6.07) is 6.35. The number of carbonyl (C=O) groups is 1. The van der Waals surface area contributed by atoms with Crippen molar-refractivity contribution in [2.45, 2.75) is 58.4 Å². The number of anilines is 1. The topological polar surface area (TPSA) is 51.0 Å². The zero-order valence-electron chi connectivity index (χ0n) is 16.5. The number of imidazole rings is 1. The number of benzene rings is 1. The lowest BCUT2D eigenvalue weighted by Crippen LogP contribution is -2.38. The van der Waals surface area contributed by atoms with Crippen molar-refractivity contribution < 1.29 is 4.79 Å². The summed E-state index contributed by atoms with van der Waals surface area (Å²) in [6.45, 7) is 3.72. The van der Waals surface area contributed by atoms with Gasteiger partial charge in [-0.05, 0) is 37.3 Å². The molecule has 1 fully saturated rings. The van der Waals surface area contributed by atoms with Crippen molar-refractivity contribution in [1.82, 2.24) is 14.5 Å². The van der Waals surface area contributed by atoms with Crippen LogP contribution in [0.25, 0.3) is 10.2 Å². The molecule has 0 saturated heterocycles. The number of carbonyl (C=O) groups excluding carboxylic acids is 1. The van der Waals surface area contributed by atoms with Crippen LogP contribution in [0, 0.1) is 5.92 Å². The minimum Gasteiger partial charge on any atom is -0.337 e. The Kier molecular flexibility index (Phi) is 6.05. The van der Waals surface area contributed by atoms with Crippen LogP contribution in [0.1, 0.15) is 51.0 Å². The van der Waals surface area contributed by atoms with Gasteiger partial charge in [-0.1, -0.05) is 49.7 Å². The lowest BCUT2D eigenvalue weighted by atomic mass is 9.88. The zero-order chi connectivity index (χ0) is 19.3. The SMILES string of the molecule is CCc1cccc2sc(N(CCCn3ccnc3)C(=O)C3CCCCC3)nc12. The maximum Gasteiger partial charge on any atom is 0.231 e. The smallest absolute Gasteiger partial charge is 0.231 e. The van der Waals surface area contributed by atoms with Gasteiger partial charge in [0.15, 0.2) is 5.13 Å². The van der Waals surface area contributed by atoms with Crippen LogP contribution in [-0.2, 0) is 17.8 Å². The summed E-state index contributed by atoms with van der Waals surface area (Å²) in [5.41, 5.74) is 2.31. The van der Waals surface area contributed by atoms with Crippen LogP contribution < -0.4 is 4.90 Å². The van der Waals surface area contributed by atoms with E-state index in [1.165, 1.54) is 29.5 Å². The summed E-state index contributed by atoms with van der Waals surface area (Å²) in [6.07, 6.45) is 13.1. The number of rotatable bonds is 7. The molecule has 148 valence electrons. The van der Waals surface area contributed by atoms with Crippen LogP contribution in [-0.4, -0.2) is 27.0 Å². The van der Waals surface area contributed by atoms with Crippen LogP contribution >= 0.6 is 11.3 Å². The minimum absolute atomic E-state index is 0.152. The van der Waals surface area contributed by atoms with Crippen LogP contribution in [0.3, 0.4) is 0 Å². The number of aromatic nitrogens is 3. The van der Waals surface area contributed by atoms with Gasteiger partial charge < -0.3 is 4.57 Å². The summed E-state index contributed by atoms with van der Waals surface area (Å²) in [7, 11) is 0. The highest BCUT2D eigenvalue weighted by atomic mass is 32.1. The normalized spacial score (nSPS) is 15.2. The number of hydrogen-bond donors (Lipinski definition) is 0. The number of fused-ring (bicyclic) bond motifs is 1. The van der Waals surface area contributed by atoms with E-state index in [9.17, 15) is 4.79 Å². The van der Waals surface area contributed by atoms with Crippen molar-refractivity contribution in [3.8, 4) is 0 Å². The number of aryl methyl sites for hydroxylation is 2. The monoisotopic (exact) mass is 396 g/mol. The highest BCUT2D eigenvalue weighted by Gasteiger charge is 2.28. The Balaban J connectivity index is 1.58. The van der Waals surface area contributed by atoms with Gasteiger partial charge >= 0.3 is 0 Å². The van der Waals surface area contributed by atoms with Crippen molar-refractivity contribution in [2.24, 2.45) is 5.92 Å². The Morgan fingerprint density at radius 2 is 2.14 bits per heavy atom. The molecule has 6 heteroatoms. The van der Waals surface area contributed by atoms with Crippen molar-refractivity contribution in [1.29, 1.82) is 0 Å². The molecule has 0 spiro atoms. The molecule has 0 atom stereocenters. The van der Waals surface area contributed by atoms with Crippen LogP contribution in [0.5, 0.6) is 0 Å². The third-order valence-electron chi connectivity index (χ3n) is 5.68. The summed E-state index contributed by atoms with van der Waals surface area (Å²) >= 11 is 1.65. The average molecular weight is 397 g/mol. The lowest BCUT2D eigenvalue weighted by molar-refractivity contribution is -0.123. The fraction of sp³-hybridized carbons (Fsp3) is 0.500. The van der Waals surface area contributed by atoms with E-state index in [1.807, 2.05) is 17.4 Å². The highest BCUT2D eigenvalue weighted by Crippen LogP contribution is 2.34. The van der Waals surface area contributed by atoms with Crippen LogP contribution in [0.15, 0.2) is 36.9 Å². The molecule has 1 aliphatic rings. The molecule has 28 heavy (non-hydrogen) atoms. The largest absolute Gasteiger partial charge is 0.337 e. The molecule has 1 aliphatic carbocycles. The number of thiazole rings is 1. The van der Waals surface area contributed by atoms with Gasteiger partial charge in [-0.25, -0.2) is 9.97 Å². The number of hydrogen-bond acceptors (Lipinski definition) is 4. The first-order valence-electron chi connectivity index (χ1n) is 10.4. The van der Waals surface area contributed by atoms with Crippen LogP contribution in [0.4, 0.5) is 5.13 Å². The molecular formula is C22H28N4OS. The second kappa shape index (κ2) is 8.86. The lowest BCUT2D eigenvalue weighted by Gasteiger charge is -2.27. The second-order valence-electron chi connectivity index (χ2n) is 7.59. The summed E-state index contributed by atoms with van der Waals surface area (Å²) in [4.78, 5) is 24.4. The van der Waals surface area contributed by atoms with Gasteiger partial charge in [-0.15, -0.1) is 0 Å². The van der Waals surface area contributed by atoms with Crippen molar-refractivity contribution >= 4 is 32.6 Å². The number of para-hydroxylation sites is 1. The maximum absolute atomic E-state index is 13.4. The molecule has 0 aliphatic heterocycles. The molecular weight excluding hydrogens is 368 g/mol. The van der Waals surface area contributed by atoms with Gasteiger partial charge in [0.2, 0.25) is 5.91 Å². The van der Waals surface area contributed by atoms with E-state index in [2.05, 4.69) is 34.7 Å². The molecule has 4 rings (SSSR count). The van der Waals surface area contributed by atoms with E-state index in [1.54, 1.807) is 17.5 Å². The molecule has 5 nitrogen and oxygen atoms in total. The van der Waals surface area contributed by atoms with Gasteiger partial charge in [-0.3, -0.25) is 9.69 Å². The van der Waals surface area contributed by atoms with E-state index in [0.29, 0.717) is 6.54 Å². The first kappa shape index (κ1) is 19.1. The fourth-order valence-corrected chi connectivity index (χ4v) is 5.14. The van der Waals surface area contributed by atoms with E-state index in [4.69, 9.17) is 4.98 Å². The average Bonchev–Trinajstić information content (AvgIpc) is 3.40. The predicted octanol–water partition coefficient (Wildman–Crippen LogP) is 5.06. The summed E-state index contributed by atoms with van der Waals surface area (Å²) < 4.78 is 3.24. The molecule has 1 saturated carbocycles. The molecule has 1 aromatic carbocycles. The van der Waals surface area contributed by atoms with Crippen molar-refractivity contribution in [2.75, 3.05) is 11.4 Å². The zero-order valence-corrected chi connectivity index (χ0v) is 17.3. The Bertz CT molecular complexity index is 912. The van der Waals surface area contributed by atoms with E-state index >= 15 is 0 Å². The van der Waals surface area contributed by atoms with Crippen molar-refractivity contribution in [3.05, 3.63) is 42.5 Å². The molecule has 1 amide bonds. The van der Waals surface area contributed by atoms with E-state index in [-0.39, 0.29) is 11.8 Å². The molecule has 0 unspecified atom stereocenters. The highest BCUT2D eigenvalue weighted by molar-refractivity contribution is 7.22. The standard InChI is InChI=1S/C22H28N4OS/c1-2-17-10-6-11-19-20(17)24-22(28-19)26(14-7-13-25-15-12-23-16-25)21(27)18-8-4-3-5-9-18/h6,10-12,15-16,18H,2-5,7-9,13-14H2,1H3. The fourth-order valence-electron chi connectivity index (χ4n) is 4.10. The molecule has 2 heterocycles. The summed E-state index contributed by atoms with van der Waals surface area (Å²) in [5.74, 6) is 0.419. The minimum atomic E-state index is 0.152. The van der Waals surface area contributed by atoms with E-state index in [0.717, 1.165) is 42.9 Å². The molecule has 2 aromatic heterocycles. The molecule has 0 bridgehead atoms. The van der Waals surface area contributed by atoms with Crippen LogP contribution in [0.2, 0.25) is 0 Å². The van der Waals surface area contributed by atoms with Gasteiger partial charge in [0.25, 0.3) is 0 Å². The molecule has 0 N–H and O–H groups in total. The Labute approximate surface area is 170 Å². The van der Waals surface area contributed by atoms with Gasteiger partial charge in [-0.2, -0.15) is 0 Å². The van der Waals surface area contributed by atoms with Crippen molar-refractivity contribution in [3.63, 3.8) is 0 Å². The predicted molar refractivity (Wildman–Crippen MR) is 115 cm³/mol. The first-order valence-corrected chi connectivity index (χ1v) is 11.2. The third-order valence-corrected chi connectivity index (χ3v) is 6.72. The van der Waals surface area contributed by atoms with E-state index < -0.39 is 0 Å². The molecule has 3 aromatic rings. The Morgan fingerprint density at radius 1 is 1.29 bits per heavy atom. The quantitative estimate of drug-likeness (QED) is 0.561. The Morgan fingerprint density at radius 3 is 2.89 bits per heavy atom. The van der Waals surface area contributed by atoms with Gasteiger partial charge in [0.05, 0.1) is 16.5 Å². The van der Waals surface area contributed by atoms with Gasteiger partial charge in [0.1, 0.15) is 0 Å². The summed E-state index contributed by atoms with van der Waals surface area (Å²) in [5, 5.41) is 0.858. The number of nitrogens with zero attached hydrogens (tertiary/aromatic N) is 4. The molecule has 0 radical (unpaired) electrons. The van der Waals surface area contributed by atoms with Gasteiger partial charge in [0, 0.05) is 31.4 Å². The Hall–Kier alpha value is -2.21. The first-order chi connectivity index (χ1) is 13.8. The maximum atomic E-state index is 13.4.